The van der Waals surface area contributed by atoms with Crippen LogP contribution in [0, 0.1) is 11.3 Å². The highest BCUT2D eigenvalue weighted by Crippen LogP contribution is 2.44. The van der Waals surface area contributed by atoms with Gasteiger partial charge in [-0.05, 0) is 58.0 Å². The van der Waals surface area contributed by atoms with Crippen molar-refractivity contribution in [3.05, 3.63) is 20.8 Å². The summed E-state index contributed by atoms with van der Waals surface area (Å²) in [4.78, 5) is 1.40. The molecule has 0 radical (unpaired) electrons. The van der Waals surface area contributed by atoms with Gasteiger partial charge in [0, 0.05) is 21.3 Å². The van der Waals surface area contributed by atoms with Crippen LogP contribution < -0.4 is 5.73 Å². The number of hydrogen-bond acceptors (Lipinski definition) is 2. The van der Waals surface area contributed by atoms with Crippen LogP contribution in [0.1, 0.15) is 44.9 Å². The van der Waals surface area contributed by atoms with E-state index in [9.17, 15) is 0 Å². The van der Waals surface area contributed by atoms with Gasteiger partial charge < -0.3 is 5.73 Å². The Bertz CT molecular complexity index is 399. The van der Waals surface area contributed by atoms with Gasteiger partial charge in [0.1, 0.15) is 0 Å². The van der Waals surface area contributed by atoms with Gasteiger partial charge in [0.25, 0.3) is 0 Å². The molecule has 17 heavy (non-hydrogen) atoms. The summed E-state index contributed by atoms with van der Waals surface area (Å²) < 4.78 is 1.23. The molecule has 0 amide bonds. The van der Waals surface area contributed by atoms with Gasteiger partial charge in [-0.2, -0.15) is 0 Å². The molecule has 1 aromatic rings. The van der Waals surface area contributed by atoms with Crippen molar-refractivity contribution in [2.45, 2.75) is 52.0 Å². The first-order chi connectivity index (χ1) is 7.80. The van der Waals surface area contributed by atoms with Crippen molar-refractivity contribution in [3.63, 3.8) is 0 Å². The summed E-state index contributed by atoms with van der Waals surface area (Å²) in [5, 5.41) is 2.14. The van der Waals surface area contributed by atoms with Crippen LogP contribution in [0.3, 0.4) is 0 Å². The summed E-state index contributed by atoms with van der Waals surface area (Å²) in [5.41, 5.74) is 7.04. The SMILES string of the molecule is CC1CC(C)(C)CC(N)(Cc2sccc2Br)C1. The number of nitrogens with two attached hydrogens (primary N) is 1. The molecule has 2 N–H and O–H groups in total. The first-order valence-electron chi connectivity index (χ1n) is 6.30. The van der Waals surface area contributed by atoms with Crippen molar-refractivity contribution < 1.29 is 0 Å². The third kappa shape index (κ3) is 3.33. The average Bonchev–Trinajstić information content (AvgIpc) is 2.46. The molecule has 1 nitrogen and oxygen atoms in total. The summed E-state index contributed by atoms with van der Waals surface area (Å²) in [5.74, 6) is 0.738. The largest absolute Gasteiger partial charge is 0.325 e. The normalized spacial score (nSPS) is 32.6. The molecule has 1 aliphatic rings. The first kappa shape index (κ1) is 13.6. The Labute approximate surface area is 117 Å². The minimum atomic E-state index is -0.0193. The Morgan fingerprint density at radius 3 is 2.71 bits per heavy atom. The lowest BCUT2D eigenvalue weighted by Gasteiger charge is -2.45. The molecular weight excluding hydrogens is 294 g/mol. The number of thiophene rings is 1. The molecule has 2 unspecified atom stereocenters. The van der Waals surface area contributed by atoms with Gasteiger partial charge in [-0.25, -0.2) is 0 Å². The van der Waals surface area contributed by atoms with Crippen LogP contribution >= 0.6 is 27.3 Å². The summed E-state index contributed by atoms with van der Waals surface area (Å²) in [6.07, 6.45) is 4.60. The van der Waals surface area contributed by atoms with Crippen LogP contribution in [0.15, 0.2) is 15.9 Å². The fraction of sp³-hybridized carbons (Fsp3) is 0.714. The van der Waals surface area contributed by atoms with E-state index in [1.54, 1.807) is 0 Å². The molecular formula is C14H22BrNS. The maximum absolute atomic E-state index is 6.67. The molecule has 2 rings (SSSR count). The second kappa shape index (κ2) is 4.67. The number of halogens is 1. The predicted molar refractivity (Wildman–Crippen MR) is 79.4 cm³/mol. The lowest BCUT2D eigenvalue weighted by molar-refractivity contribution is 0.108. The molecule has 0 saturated heterocycles. The van der Waals surface area contributed by atoms with E-state index in [2.05, 4.69) is 48.1 Å². The van der Waals surface area contributed by atoms with Gasteiger partial charge in [0.05, 0.1) is 0 Å². The van der Waals surface area contributed by atoms with Gasteiger partial charge in [-0.3, -0.25) is 0 Å². The van der Waals surface area contributed by atoms with Crippen molar-refractivity contribution in [1.82, 2.24) is 0 Å². The topological polar surface area (TPSA) is 26.0 Å². The van der Waals surface area contributed by atoms with Gasteiger partial charge in [-0.15, -0.1) is 11.3 Å². The van der Waals surface area contributed by atoms with Crippen LogP contribution in [0.4, 0.5) is 0 Å². The Balaban J connectivity index is 2.16. The molecule has 1 heterocycles. The monoisotopic (exact) mass is 315 g/mol. The molecule has 0 aromatic carbocycles. The van der Waals surface area contributed by atoms with Crippen molar-refractivity contribution in [3.8, 4) is 0 Å². The maximum Gasteiger partial charge on any atom is 0.0315 e. The highest BCUT2D eigenvalue weighted by Gasteiger charge is 2.40. The van der Waals surface area contributed by atoms with Crippen LogP contribution in [0.25, 0.3) is 0 Å². The second-order valence-electron chi connectivity index (χ2n) is 6.59. The molecule has 0 spiro atoms. The summed E-state index contributed by atoms with van der Waals surface area (Å²) in [6, 6.07) is 2.13. The van der Waals surface area contributed by atoms with E-state index in [1.165, 1.54) is 15.8 Å². The standard InChI is InChI=1S/C14H22BrNS/c1-10-6-13(2,3)9-14(16,7-10)8-12-11(15)4-5-17-12/h4-5,10H,6-9,16H2,1-3H3. The molecule has 1 saturated carbocycles. The fourth-order valence-electron chi connectivity index (χ4n) is 3.71. The van der Waals surface area contributed by atoms with E-state index in [4.69, 9.17) is 5.73 Å². The highest BCUT2D eigenvalue weighted by atomic mass is 79.9. The molecule has 0 aliphatic heterocycles. The van der Waals surface area contributed by atoms with Crippen molar-refractivity contribution in [2.24, 2.45) is 17.1 Å². The van der Waals surface area contributed by atoms with Crippen molar-refractivity contribution in [2.75, 3.05) is 0 Å². The summed E-state index contributed by atoms with van der Waals surface area (Å²) in [7, 11) is 0. The number of rotatable bonds is 2. The zero-order valence-electron chi connectivity index (χ0n) is 10.9. The average molecular weight is 316 g/mol. The summed E-state index contributed by atoms with van der Waals surface area (Å²) in [6.45, 7) is 7.05. The van der Waals surface area contributed by atoms with Crippen LogP contribution in [0.2, 0.25) is 0 Å². The third-order valence-corrected chi connectivity index (χ3v) is 5.62. The van der Waals surface area contributed by atoms with E-state index in [0.717, 1.165) is 25.2 Å². The van der Waals surface area contributed by atoms with Crippen LogP contribution in [-0.4, -0.2) is 5.54 Å². The predicted octanol–water partition coefficient (Wildman–Crippen LogP) is 4.60. The Kier molecular flexibility index (Phi) is 3.73. The van der Waals surface area contributed by atoms with Crippen LogP contribution in [0.5, 0.6) is 0 Å². The Morgan fingerprint density at radius 1 is 1.47 bits per heavy atom. The number of hydrogen-bond donors (Lipinski definition) is 1. The lowest BCUT2D eigenvalue weighted by atomic mass is 9.63. The summed E-state index contributed by atoms with van der Waals surface area (Å²) >= 11 is 5.43. The zero-order valence-corrected chi connectivity index (χ0v) is 13.3. The van der Waals surface area contributed by atoms with E-state index in [0.29, 0.717) is 5.41 Å². The molecule has 96 valence electrons. The van der Waals surface area contributed by atoms with Gasteiger partial charge in [-0.1, -0.05) is 20.8 Å². The molecule has 1 aromatic heterocycles. The van der Waals surface area contributed by atoms with Gasteiger partial charge >= 0.3 is 0 Å². The third-order valence-electron chi connectivity index (χ3n) is 3.69. The minimum absolute atomic E-state index is 0.0193. The molecule has 3 heteroatoms. The molecule has 2 atom stereocenters. The van der Waals surface area contributed by atoms with Crippen molar-refractivity contribution >= 4 is 27.3 Å². The van der Waals surface area contributed by atoms with E-state index in [1.807, 2.05) is 11.3 Å². The van der Waals surface area contributed by atoms with Gasteiger partial charge in [0.2, 0.25) is 0 Å². The van der Waals surface area contributed by atoms with Crippen LogP contribution in [-0.2, 0) is 6.42 Å². The lowest BCUT2D eigenvalue weighted by Crippen LogP contribution is -2.50. The Hall–Kier alpha value is 0.140. The zero-order chi connectivity index (χ0) is 12.7. The first-order valence-corrected chi connectivity index (χ1v) is 7.98. The molecule has 1 aliphatic carbocycles. The Morgan fingerprint density at radius 2 is 2.18 bits per heavy atom. The molecule has 1 fully saturated rings. The van der Waals surface area contributed by atoms with E-state index < -0.39 is 0 Å². The van der Waals surface area contributed by atoms with E-state index >= 15 is 0 Å². The second-order valence-corrected chi connectivity index (χ2v) is 8.44. The molecule has 0 bridgehead atoms. The highest BCUT2D eigenvalue weighted by molar-refractivity contribution is 9.10. The van der Waals surface area contributed by atoms with Crippen molar-refractivity contribution in [1.29, 1.82) is 0 Å². The van der Waals surface area contributed by atoms with Gasteiger partial charge in [0.15, 0.2) is 0 Å². The smallest absolute Gasteiger partial charge is 0.0315 e. The quantitative estimate of drug-likeness (QED) is 0.848. The maximum atomic E-state index is 6.67. The minimum Gasteiger partial charge on any atom is -0.325 e. The fourth-order valence-corrected chi connectivity index (χ4v) is 5.36. The van der Waals surface area contributed by atoms with E-state index in [-0.39, 0.29) is 5.54 Å².